The molecule has 2 aromatic carbocycles. The zero-order chi connectivity index (χ0) is 12.3. The minimum absolute atomic E-state index is 0.0631. The zero-order valence-corrected chi connectivity index (χ0v) is 9.11. The highest BCUT2D eigenvalue weighted by atomic mass is 19.1. The molecule has 88 valence electrons. The van der Waals surface area contributed by atoms with Gasteiger partial charge in [-0.2, -0.15) is 0 Å². The van der Waals surface area contributed by atoms with E-state index < -0.39 is 11.9 Å². The minimum Gasteiger partial charge on any atom is -0.388 e. The molecular formula is C14H12F2O. The van der Waals surface area contributed by atoms with Crippen LogP contribution in [-0.2, 0) is 6.42 Å². The molecule has 0 amide bonds. The third kappa shape index (κ3) is 2.68. The molecule has 0 saturated carbocycles. The van der Waals surface area contributed by atoms with Crippen molar-refractivity contribution < 1.29 is 13.9 Å². The quantitative estimate of drug-likeness (QED) is 0.864. The summed E-state index contributed by atoms with van der Waals surface area (Å²) in [6.45, 7) is 0. The Morgan fingerprint density at radius 3 is 2.12 bits per heavy atom. The first kappa shape index (κ1) is 11.7. The topological polar surface area (TPSA) is 20.2 Å². The zero-order valence-electron chi connectivity index (χ0n) is 9.11. The van der Waals surface area contributed by atoms with Gasteiger partial charge in [0.2, 0.25) is 0 Å². The second-order valence-electron chi connectivity index (χ2n) is 3.83. The van der Waals surface area contributed by atoms with Gasteiger partial charge in [0.25, 0.3) is 0 Å². The number of aliphatic hydroxyl groups is 1. The van der Waals surface area contributed by atoms with Crippen molar-refractivity contribution in [3.63, 3.8) is 0 Å². The predicted octanol–water partition coefficient (Wildman–Crippen LogP) is 3.24. The van der Waals surface area contributed by atoms with E-state index in [0.717, 1.165) is 0 Å². The van der Waals surface area contributed by atoms with Crippen molar-refractivity contribution in [2.45, 2.75) is 12.5 Å². The Hall–Kier alpha value is -1.74. The second kappa shape index (κ2) is 5.06. The first-order chi connectivity index (χ1) is 8.18. The van der Waals surface area contributed by atoms with Crippen LogP contribution in [0, 0.1) is 11.6 Å². The molecule has 0 aliphatic rings. The van der Waals surface area contributed by atoms with Gasteiger partial charge in [-0.05, 0) is 17.7 Å². The van der Waals surface area contributed by atoms with Gasteiger partial charge in [-0.3, -0.25) is 0 Å². The largest absolute Gasteiger partial charge is 0.388 e. The highest BCUT2D eigenvalue weighted by molar-refractivity contribution is 5.24. The summed E-state index contributed by atoms with van der Waals surface area (Å²) >= 11 is 0. The highest BCUT2D eigenvalue weighted by Crippen LogP contribution is 2.22. The molecule has 1 nitrogen and oxygen atoms in total. The first-order valence-corrected chi connectivity index (χ1v) is 5.34. The minimum atomic E-state index is -1.03. The summed E-state index contributed by atoms with van der Waals surface area (Å²) in [5.74, 6) is -0.862. The van der Waals surface area contributed by atoms with Crippen LogP contribution in [-0.4, -0.2) is 5.11 Å². The molecule has 0 heterocycles. The van der Waals surface area contributed by atoms with E-state index >= 15 is 0 Å². The molecule has 0 aromatic heterocycles. The van der Waals surface area contributed by atoms with Crippen LogP contribution in [0.2, 0.25) is 0 Å². The molecular weight excluding hydrogens is 222 g/mol. The molecule has 0 radical (unpaired) electrons. The van der Waals surface area contributed by atoms with Crippen LogP contribution in [0.1, 0.15) is 17.2 Å². The van der Waals surface area contributed by atoms with E-state index in [1.807, 2.05) is 0 Å². The third-order valence-corrected chi connectivity index (χ3v) is 2.64. The van der Waals surface area contributed by atoms with Gasteiger partial charge < -0.3 is 5.11 Å². The summed E-state index contributed by atoms with van der Waals surface area (Å²) in [6.07, 6.45) is -0.971. The van der Waals surface area contributed by atoms with Crippen molar-refractivity contribution in [1.82, 2.24) is 0 Å². The average molecular weight is 234 g/mol. The van der Waals surface area contributed by atoms with E-state index in [1.54, 1.807) is 30.3 Å². The van der Waals surface area contributed by atoms with Crippen molar-refractivity contribution in [3.8, 4) is 0 Å². The highest BCUT2D eigenvalue weighted by Gasteiger charge is 2.14. The molecule has 1 atom stereocenters. The fraction of sp³-hybridized carbons (Fsp3) is 0.143. The molecule has 1 N–H and O–H groups in total. The monoisotopic (exact) mass is 234 g/mol. The molecule has 0 aliphatic heterocycles. The Bertz CT molecular complexity index is 511. The van der Waals surface area contributed by atoms with Gasteiger partial charge >= 0.3 is 0 Å². The van der Waals surface area contributed by atoms with Gasteiger partial charge in [0, 0.05) is 12.0 Å². The van der Waals surface area contributed by atoms with Gasteiger partial charge in [-0.15, -0.1) is 0 Å². The van der Waals surface area contributed by atoms with Crippen LogP contribution in [0.15, 0.2) is 48.5 Å². The van der Waals surface area contributed by atoms with E-state index in [1.165, 1.54) is 18.2 Å². The summed E-state index contributed by atoms with van der Waals surface area (Å²) in [4.78, 5) is 0. The molecule has 3 heteroatoms. The molecule has 1 unspecified atom stereocenters. The average Bonchev–Trinajstić information content (AvgIpc) is 2.32. The van der Waals surface area contributed by atoms with E-state index in [4.69, 9.17) is 0 Å². The van der Waals surface area contributed by atoms with Crippen molar-refractivity contribution >= 4 is 0 Å². The van der Waals surface area contributed by atoms with E-state index in [0.29, 0.717) is 5.56 Å². The lowest BCUT2D eigenvalue weighted by Crippen LogP contribution is -2.05. The number of benzene rings is 2. The molecule has 17 heavy (non-hydrogen) atoms. The van der Waals surface area contributed by atoms with E-state index in [-0.39, 0.29) is 17.8 Å². The molecule has 2 rings (SSSR count). The summed E-state index contributed by atoms with van der Waals surface area (Å²) < 4.78 is 26.8. The van der Waals surface area contributed by atoms with Gasteiger partial charge in [-0.25, -0.2) is 8.78 Å². The molecule has 0 saturated heterocycles. The van der Waals surface area contributed by atoms with Crippen molar-refractivity contribution in [2.24, 2.45) is 0 Å². The maximum absolute atomic E-state index is 13.4. The summed E-state index contributed by atoms with van der Waals surface area (Å²) in [7, 11) is 0. The predicted molar refractivity (Wildman–Crippen MR) is 61.5 cm³/mol. The summed E-state index contributed by atoms with van der Waals surface area (Å²) in [6, 6.07) is 12.1. The Labute approximate surface area is 98.3 Å². The standard InChI is InChI=1S/C14H12F2O/c15-12-7-3-1-5-10(12)9-14(17)11-6-2-4-8-13(11)16/h1-8,14,17H,9H2. The lowest BCUT2D eigenvalue weighted by molar-refractivity contribution is 0.172. The molecule has 0 aliphatic carbocycles. The van der Waals surface area contributed by atoms with Crippen molar-refractivity contribution in [2.75, 3.05) is 0 Å². The maximum Gasteiger partial charge on any atom is 0.129 e. The lowest BCUT2D eigenvalue weighted by atomic mass is 10.0. The number of rotatable bonds is 3. The van der Waals surface area contributed by atoms with Crippen LogP contribution < -0.4 is 0 Å². The van der Waals surface area contributed by atoms with Gasteiger partial charge in [-0.1, -0.05) is 36.4 Å². The van der Waals surface area contributed by atoms with Crippen LogP contribution in [0.3, 0.4) is 0 Å². The Morgan fingerprint density at radius 2 is 1.47 bits per heavy atom. The number of hydrogen-bond acceptors (Lipinski definition) is 1. The first-order valence-electron chi connectivity index (χ1n) is 5.34. The van der Waals surface area contributed by atoms with Gasteiger partial charge in [0.15, 0.2) is 0 Å². The van der Waals surface area contributed by atoms with Gasteiger partial charge in [0.1, 0.15) is 11.6 Å². The summed E-state index contributed by atoms with van der Waals surface area (Å²) in [5.41, 5.74) is 0.569. The molecule has 0 fully saturated rings. The van der Waals surface area contributed by atoms with Crippen LogP contribution in [0.5, 0.6) is 0 Å². The molecule has 0 bridgehead atoms. The lowest BCUT2D eigenvalue weighted by Gasteiger charge is -2.12. The molecule has 2 aromatic rings. The Morgan fingerprint density at radius 1 is 0.882 bits per heavy atom. The second-order valence-corrected chi connectivity index (χ2v) is 3.83. The molecule has 0 spiro atoms. The maximum atomic E-state index is 13.4. The van der Waals surface area contributed by atoms with Crippen LogP contribution in [0.25, 0.3) is 0 Å². The number of aliphatic hydroxyl groups excluding tert-OH is 1. The smallest absolute Gasteiger partial charge is 0.129 e. The fourth-order valence-corrected chi connectivity index (χ4v) is 1.73. The SMILES string of the molecule is OC(Cc1ccccc1F)c1ccccc1F. The van der Waals surface area contributed by atoms with E-state index in [9.17, 15) is 13.9 Å². The Kier molecular flexibility index (Phi) is 3.49. The Balaban J connectivity index is 2.20. The van der Waals surface area contributed by atoms with Crippen LogP contribution >= 0.6 is 0 Å². The van der Waals surface area contributed by atoms with Crippen molar-refractivity contribution in [3.05, 3.63) is 71.3 Å². The fourth-order valence-electron chi connectivity index (χ4n) is 1.73. The van der Waals surface area contributed by atoms with E-state index in [2.05, 4.69) is 0 Å². The number of hydrogen-bond donors (Lipinski definition) is 1. The third-order valence-electron chi connectivity index (χ3n) is 2.64. The van der Waals surface area contributed by atoms with Gasteiger partial charge in [0.05, 0.1) is 6.10 Å². The summed E-state index contributed by atoms with van der Waals surface area (Å²) in [5, 5.41) is 9.87. The van der Waals surface area contributed by atoms with Crippen molar-refractivity contribution in [1.29, 1.82) is 0 Å². The number of halogens is 2. The normalized spacial score (nSPS) is 12.4. The van der Waals surface area contributed by atoms with Crippen LogP contribution in [0.4, 0.5) is 8.78 Å².